The van der Waals surface area contributed by atoms with Crippen LogP contribution in [0.2, 0.25) is 0 Å². The molecule has 1 aliphatic heterocycles. The van der Waals surface area contributed by atoms with Crippen molar-refractivity contribution in [3.05, 3.63) is 65.0 Å². The maximum absolute atomic E-state index is 13.5. The van der Waals surface area contributed by atoms with Crippen LogP contribution in [0.25, 0.3) is 11.6 Å². The van der Waals surface area contributed by atoms with Crippen LogP contribution in [0.3, 0.4) is 0 Å². The van der Waals surface area contributed by atoms with Gasteiger partial charge in [-0.25, -0.2) is 8.78 Å². The van der Waals surface area contributed by atoms with Crippen molar-refractivity contribution in [2.45, 2.75) is 31.5 Å². The third-order valence-electron chi connectivity index (χ3n) is 5.28. The van der Waals surface area contributed by atoms with E-state index in [0.717, 1.165) is 17.0 Å². The lowest BCUT2D eigenvalue weighted by atomic mass is 10.0. The van der Waals surface area contributed by atoms with Gasteiger partial charge in [-0.3, -0.25) is 14.6 Å². The van der Waals surface area contributed by atoms with Gasteiger partial charge >= 0.3 is 6.18 Å². The summed E-state index contributed by atoms with van der Waals surface area (Å²) in [6.45, 7) is 0.169. The number of alkyl halides is 5. The Morgan fingerprint density at radius 3 is 2.56 bits per heavy atom. The number of nitrogens with zero attached hydrogens (tertiary/aromatic N) is 3. The van der Waals surface area contributed by atoms with E-state index in [1.54, 1.807) is 19.1 Å². The summed E-state index contributed by atoms with van der Waals surface area (Å²) >= 11 is 0. The van der Waals surface area contributed by atoms with Crippen molar-refractivity contribution >= 4 is 23.5 Å². The minimum atomic E-state index is -4.46. The number of amides is 2. The van der Waals surface area contributed by atoms with Crippen molar-refractivity contribution in [2.75, 3.05) is 13.1 Å². The van der Waals surface area contributed by atoms with Gasteiger partial charge in [0.1, 0.15) is 6.04 Å². The molecule has 178 valence electrons. The Bertz CT molecular complexity index is 1150. The molecule has 34 heavy (non-hydrogen) atoms. The Labute approximate surface area is 191 Å². The first-order valence-electron chi connectivity index (χ1n) is 10.1. The van der Waals surface area contributed by atoms with Gasteiger partial charge in [0.05, 0.1) is 24.7 Å². The normalized spacial score (nSPS) is 17.9. The zero-order valence-corrected chi connectivity index (χ0v) is 17.9. The van der Waals surface area contributed by atoms with E-state index < -0.39 is 55.0 Å². The SMILES string of the molecule is C/C(=C\c1cnccc1C(=O)NCC(=O)N1CC(F)(F)C[C@H]1C#N)c1ccc(C(F)(F)F)cc1. The van der Waals surface area contributed by atoms with Crippen LogP contribution in [0, 0.1) is 11.3 Å². The van der Waals surface area contributed by atoms with E-state index in [4.69, 9.17) is 5.26 Å². The van der Waals surface area contributed by atoms with E-state index in [1.807, 2.05) is 0 Å². The molecule has 0 saturated carbocycles. The van der Waals surface area contributed by atoms with E-state index in [9.17, 15) is 31.5 Å². The summed E-state index contributed by atoms with van der Waals surface area (Å²) in [6.07, 6.45) is -0.948. The molecule has 0 radical (unpaired) electrons. The zero-order chi connectivity index (χ0) is 25.1. The number of carbonyl (C=O) groups is 2. The summed E-state index contributed by atoms with van der Waals surface area (Å²) < 4.78 is 65.4. The van der Waals surface area contributed by atoms with Gasteiger partial charge in [-0.15, -0.1) is 0 Å². The molecule has 0 unspecified atom stereocenters. The first-order valence-corrected chi connectivity index (χ1v) is 10.1. The van der Waals surface area contributed by atoms with Crippen LogP contribution in [-0.2, 0) is 11.0 Å². The number of hydrogen-bond acceptors (Lipinski definition) is 4. The van der Waals surface area contributed by atoms with E-state index in [0.29, 0.717) is 16.7 Å². The summed E-state index contributed by atoms with van der Waals surface area (Å²) in [4.78, 5) is 29.7. The van der Waals surface area contributed by atoms with Gasteiger partial charge in [0, 0.05) is 29.9 Å². The molecular weight excluding hydrogens is 459 g/mol. The number of nitriles is 1. The van der Waals surface area contributed by atoms with Gasteiger partial charge in [-0.05, 0) is 42.3 Å². The topological polar surface area (TPSA) is 86.1 Å². The fourth-order valence-corrected chi connectivity index (χ4v) is 3.51. The highest BCUT2D eigenvalue weighted by Crippen LogP contribution is 2.32. The molecule has 1 atom stereocenters. The third kappa shape index (κ3) is 5.75. The van der Waals surface area contributed by atoms with E-state index in [2.05, 4.69) is 10.3 Å². The summed E-state index contributed by atoms with van der Waals surface area (Å²) in [6, 6.07) is 6.28. The molecule has 2 aromatic rings. The van der Waals surface area contributed by atoms with Crippen molar-refractivity contribution in [3.63, 3.8) is 0 Å². The third-order valence-corrected chi connectivity index (χ3v) is 5.28. The second-order valence-corrected chi connectivity index (χ2v) is 7.77. The maximum Gasteiger partial charge on any atom is 0.416 e. The van der Waals surface area contributed by atoms with Crippen molar-refractivity contribution in [3.8, 4) is 6.07 Å². The number of hydrogen-bond donors (Lipinski definition) is 1. The maximum atomic E-state index is 13.5. The quantitative estimate of drug-likeness (QED) is 0.655. The number of aromatic nitrogens is 1. The Balaban J connectivity index is 1.73. The molecule has 1 saturated heterocycles. The smallest absolute Gasteiger partial charge is 0.343 e. The highest BCUT2D eigenvalue weighted by atomic mass is 19.4. The van der Waals surface area contributed by atoms with Gasteiger partial charge in [-0.1, -0.05) is 12.1 Å². The molecule has 1 aromatic heterocycles. The number of nitrogens with one attached hydrogen (secondary N) is 1. The summed E-state index contributed by atoms with van der Waals surface area (Å²) in [5.41, 5.74) is 0.730. The number of pyridine rings is 1. The predicted molar refractivity (Wildman–Crippen MR) is 112 cm³/mol. The van der Waals surface area contributed by atoms with Crippen LogP contribution < -0.4 is 5.32 Å². The van der Waals surface area contributed by atoms with E-state index >= 15 is 0 Å². The molecule has 1 aliphatic rings. The molecule has 11 heteroatoms. The van der Waals surface area contributed by atoms with Crippen molar-refractivity contribution in [1.82, 2.24) is 15.2 Å². The molecule has 1 aromatic carbocycles. The molecule has 2 amide bonds. The molecule has 0 bridgehead atoms. The number of benzene rings is 1. The second kappa shape index (κ2) is 9.59. The fourth-order valence-electron chi connectivity index (χ4n) is 3.51. The molecule has 0 aliphatic carbocycles. The molecule has 6 nitrogen and oxygen atoms in total. The van der Waals surface area contributed by atoms with Crippen molar-refractivity contribution in [2.24, 2.45) is 0 Å². The lowest BCUT2D eigenvalue weighted by molar-refractivity contribution is -0.137. The second-order valence-electron chi connectivity index (χ2n) is 7.77. The summed E-state index contributed by atoms with van der Waals surface area (Å²) in [7, 11) is 0. The number of halogens is 5. The minimum absolute atomic E-state index is 0.123. The van der Waals surface area contributed by atoms with E-state index in [1.165, 1.54) is 30.6 Å². The largest absolute Gasteiger partial charge is 0.416 e. The molecular formula is C23H19F5N4O2. The Kier molecular flexibility index (Phi) is 7.00. The Morgan fingerprint density at radius 1 is 1.26 bits per heavy atom. The number of likely N-dealkylation sites (tertiary alicyclic amines) is 1. The Hall–Kier alpha value is -3.81. The molecule has 1 N–H and O–H groups in total. The highest BCUT2D eigenvalue weighted by molar-refractivity contribution is 6.00. The molecule has 2 heterocycles. The van der Waals surface area contributed by atoms with Gasteiger partial charge in [0.2, 0.25) is 5.91 Å². The van der Waals surface area contributed by atoms with Crippen molar-refractivity contribution in [1.29, 1.82) is 5.26 Å². The average molecular weight is 478 g/mol. The molecule has 3 rings (SSSR count). The Morgan fingerprint density at radius 2 is 1.94 bits per heavy atom. The van der Waals surface area contributed by atoms with Crippen LogP contribution in [0.4, 0.5) is 22.0 Å². The molecule has 0 spiro atoms. The standard InChI is InChI=1S/C23H19F5N4O2/c1-14(15-2-4-17(5-3-15)23(26,27)28)8-16-11-30-7-6-19(16)21(34)31-12-20(33)32-13-22(24,25)9-18(32)10-29/h2-8,11,18H,9,12-13H2,1H3,(H,31,34)/b14-8+/t18-/m0/s1. The van der Waals surface area contributed by atoms with Crippen LogP contribution in [0.1, 0.15) is 40.4 Å². The van der Waals surface area contributed by atoms with Gasteiger partial charge < -0.3 is 10.2 Å². The zero-order valence-electron chi connectivity index (χ0n) is 17.9. The lowest BCUT2D eigenvalue weighted by Crippen LogP contribution is -2.43. The van der Waals surface area contributed by atoms with Crippen LogP contribution in [0.15, 0.2) is 42.7 Å². The summed E-state index contributed by atoms with van der Waals surface area (Å²) in [5, 5.41) is 11.4. The van der Waals surface area contributed by atoms with Crippen LogP contribution in [-0.4, -0.2) is 46.8 Å². The van der Waals surface area contributed by atoms with Gasteiger partial charge in [-0.2, -0.15) is 18.4 Å². The van der Waals surface area contributed by atoms with Gasteiger partial charge in [0.15, 0.2) is 0 Å². The average Bonchev–Trinajstić information content (AvgIpc) is 3.11. The monoisotopic (exact) mass is 478 g/mol. The minimum Gasteiger partial charge on any atom is -0.343 e. The molecule has 1 fully saturated rings. The summed E-state index contributed by atoms with van der Waals surface area (Å²) in [5.74, 6) is -4.66. The number of allylic oxidation sites excluding steroid dienone is 1. The highest BCUT2D eigenvalue weighted by Gasteiger charge is 2.47. The van der Waals surface area contributed by atoms with E-state index in [-0.39, 0.29) is 5.56 Å². The van der Waals surface area contributed by atoms with Crippen LogP contribution >= 0.6 is 0 Å². The van der Waals surface area contributed by atoms with Crippen LogP contribution in [0.5, 0.6) is 0 Å². The predicted octanol–water partition coefficient (Wildman–Crippen LogP) is 4.15. The first-order chi connectivity index (χ1) is 15.9. The first kappa shape index (κ1) is 24.8. The number of carbonyl (C=O) groups excluding carboxylic acids is 2. The number of rotatable bonds is 5. The fraction of sp³-hybridized carbons (Fsp3) is 0.304. The lowest BCUT2D eigenvalue weighted by Gasteiger charge is -2.19. The van der Waals surface area contributed by atoms with Gasteiger partial charge in [0.25, 0.3) is 11.8 Å². The van der Waals surface area contributed by atoms with Crippen molar-refractivity contribution < 1.29 is 31.5 Å².